The zero-order valence-electron chi connectivity index (χ0n) is 13.8. The maximum atomic E-state index is 12.3. The summed E-state index contributed by atoms with van der Waals surface area (Å²) in [5.74, 6) is 0.425. The first-order chi connectivity index (χ1) is 12.2. The highest BCUT2D eigenvalue weighted by molar-refractivity contribution is 7.15. The minimum atomic E-state index is -0.161. The summed E-state index contributed by atoms with van der Waals surface area (Å²) >= 11 is 1.59. The summed E-state index contributed by atoms with van der Waals surface area (Å²) in [7, 11) is 0. The molecule has 0 bridgehead atoms. The normalized spacial score (nSPS) is 15.9. The molecule has 0 amide bonds. The Kier molecular flexibility index (Phi) is 4.65. The third-order valence-corrected chi connectivity index (χ3v) is 5.70. The van der Waals surface area contributed by atoms with Crippen LogP contribution in [-0.2, 0) is 17.7 Å². The minimum Gasteiger partial charge on any atom is -0.396 e. The number of rotatable bonds is 5. The van der Waals surface area contributed by atoms with Gasteiger partial charge < -0.3 is 9.84 Å². The van der Waals surface area contributed by atoms with Crippen LogP contribution in [0, 0.1) is 5.92 Å². The van der Waals surface area contributed by atoms with Gasteiger partial charge in [-0.3, -0.25) is 9.55 Å². The molecule has 4 heterocycles. The van der Waals surface area contributed by atoms with Gasteiger partial charge in [0.25, 0.3) is 0 Å². The number of fused-ring (bicyclic) bond motifs is 1. The monoisotopic (exact) mass is 360 g/mol. The van der Waals surface area contributed by atoms with Gasteiger partial charge in [-0.15, -0.1) is 11.3 Å². The molecule has 0 aromatic carbocycles. The predicted molar refractivity (Wildman–Crippen MR) is 95.8 cm³/mol. The minimum absolute atomic E-state index is 0.132. The van der Waals surface area contributed by atoms with Gasteiger partial charge in [0.05, 0.1) is 11.1 Å². The lowest BCUT2D eigenvalue weighted by Gasteiger charge is -2.21. The number of thiophene rings is 1. The fourth-order valence-corrected chi connectivity index (χ4v) is 4.11. The second-order valence-electron chi connectivity index (χ2n) is 6.26. The zero-order valence-corrected chi connectivity index (χ0v) is 14.6. The molecule has 0 unspecified atom stereocenters. The van der Waals surface area contributed by atoms with E-state index in [0.717, 1.165) is 41.5 Å². The smallest absolute Gasteiger partial charge is 0.328 e. The average molecular weight is 360 g/mol. The number of hydrogen-bond donors (Lipinski definition) is 2. The van der Waals surface area contributed by atoms with Gasteiger partial charge in [0.1, 0.15) is 5.69 Å². The van der Waals surface area contributed by atoms with Crippen molar-refractivity contribution in [1.29, 1.82) is 0 Å². The van der Waals surface area contributed by atoms with Crippen LogP contribution >= 0.6 is 11.3 Å². The molecule has 8 heteroatoms. The number of hydrogen-bond acceptors (Lipinski definition) is 6. The number of nitrogens with one attached hydrogen (secondary N) is 1. The summed E-state index contributed by atoms with van der Waals surface area (Å²) in [4.78, 5) is 26.3. The summed E-state index contributed by atoms with van der Waals surface area (Å²) in [5.41, 5.74) is 1.71. The van der Waals surface area contributed by atoms with Crippen LogP contribution in [-0.4, -0.2) is 44.4 Å². The molecular formula is C17H20N4O3S. The summed E-state index contributed by atoms with van der Waals surface area (Å²) in [6, 6.07) is 3.98. The largest absolute Gasteiger partial charge is 0.396 e. The number of aromatic nitrogens is 4. The number of aromatic amines is 1. The van der Waals surface area contributed by atoms with E-state index in [9.17, 15) is 4.79 Å². The number of ether oxygens (including phenoxy) is 1. The molecule has 0 atom stereocenters. The van der Waals surface area contributed by atoms with E-state index in [1.165, 1.54) is 0 Å². The van der Waals surface area contributed by atoms with E-state index < -0.39 is 0 Å². The molecule has 3 aromatic rings. The van der Waals surface area contributed by atoms with Crippen molar-refractivity contribution in [2.45, 2.75) is 25.8 Å². The Morgan fingerprint density at radius 2 is 2.20 bits per heavy atom. The molecular weight excluding hydrogens is 340 g/mol. The van der Waals surface area contributed by atoms with Crippen molar-refractivity contribution in [1.82, 2.24) is 19.5 Å². The molecule has 1 saturated heterocycles. The highest BCUT2D eigenvalue weighted by atomic mass is 32.1. The van der Waals surface area contributed by atoms with Gasteiger partial charge in [-0.2, -0.15) is 0 Å². The highest BCUT2D eigenvalue weighted by Crippen LogP contribution is 2.27. The van der Waals surface area contributed by atoms with Crippen molar-refractivity contribution >= 4 is 22.6 Å². The van der Waals surface area contributed by atoms with Gasteiger partial charge in [0, 0.05) is 37.7 Å². The SMILES string of the molecule is O=c1[nH]c2ncc(-c3ccc(CCO)s3)nc2n1CC1CCOCC1. The molecule has 4 rings (SSSR count). The first-order valence-electron chi connectivity index (χ1n) is 8.48. The molecule has 3 aromatic heterocycles. The van der Waals surface area contributed by atoms with Crippen molar-refractivity contribution in [2.24, 2.45) is 5.92 Å². The Morgan fingerprint density at radius 3 is 3.00 bits per heavy atom. The van der Waals surface area contributed by atoms with Crippen molar-refractivity contribution in [3.8, 4) is 10.6 Å². The maximum absolute atomic E-state index is 12.3. The second-order valence-corrected chi connectivity index (χ2v) is 7.43. The molecule has 132 valence electrons. The van der Waals surface area contributed by atoms with Crippen molar-refractivity contribution in [3.63, 3.8) is 0 Å². The van der Waals surface area contributed by atoms with Gasteiger partial charge in [-0.1, -0.05) is 0 Å². The van der Waals surface area contributed by atoms with Crippen LogP contribution in [0.1, 0.15) is 17.7 Å². The maximum Gasteiger partial charge on any atom is 0.328 e. The average Bonchev–Trinajstić information content (AvgIpc) is 3.21. The topological polar surface area (TPSA) is 93.0 Å². The van der Waals surface area contributed by atoms with E-state index in [2.05, 4.69) is 9.97 Å². The molecule has 1 fully saturated rings. The molecule has 25 heavy (non-hydrogen) atoms. The number of imidazole rings is 1. The lowest BCUT2D eigenvalue weighted by Crippen LogP contribution is -2.26. The van der Waals surface area contributed by atoms with E-state index in [1.807, 2.05) is 12.1 Å². The van der Waals surface area contributed by atoms with Gasteiger partial charge in [0.15, 0.2) is 11.3 Å². The molecule has 1 aliphatic rings. The van der Waals surface area contributed by atoms with Gasteiger partial charge >= 0.3 is 5.69 Å². The van der Waals surface area contributed by atoms with Crippen LogP contribution in [0.25, 0.3) is 21.9 Å². The molecule has 0 aliphatic carbocycles. The number of H-pyrrole nitrogens is 1. The van der Waals surface area contributed by atoms with E-state index >= 15 is 0 Å². The quantitative estimate of drug-likeness (QED) is 0.724. The van der Waals surface area contributed by atoms with Crippen LogP contribution in [0.4, 0.5) is 0 Å². The Balaban J connectivity index is 1.68. The summed E-state index contributed by atoms with van der Waals surface area (Å²) < 4.78 is 7.09. The Hall–Kier alpha value is -2.03. The fraction of sp³-hybridized carbons (Fsp3) is 0.471. The number of nitrogens with zero attached hydrogens (tertiary/aromatic N) is 3. The number of aliphatic hydroxyl groups excluding tert-OH is 1. The van der Waals surface area contributed by atoms with Gasteiger partial charge in [0.2, 0.25) is 0 Å². The lowest BCUT2D eigenvalue weighted by molar-refractivity contribution is 0.0613. The van der Waals surface area contributed by atoms with Crippen LogP contribution < -0.4 is 5.69 Å². The van der Waals surface area contributed by atoms with Crippen LogP contribution in [0.2, 0.25) is 0 Å². The van der Waals surface area contributed by atoms with E-state index in [0.29, 0.717) is 30.2 Å². The molecule has 0 spiro atoms. The molecule has 2 N–H and O–H groups in total. The third kappa shape index (κ3) is 3.37. The summed E-state index contributed by atoms with van der Waals surface area (Å²) in [6.07, 6.45) is 4.24. The van der Waals surface area contributed by atoms with E-state index in [1.54, 1.807) is 22.1 Å². The van der Waals surface area contributed by atoms with Crippen LogP contribution in [0.3, 0.4) is 0 Å². The van der Waals surface area contributed by atoms with E-state index in [4.69, 9.17) is 14.8 Å². The zero-order chi connectivity index (χ0) is 17.2. The third-order valence-electron chi connectivity index (χ3n) is 4.53. The van der Waals surface area contributed by atoms with Crippen molar-refractivity contribution in [2.75, 3.05) is 19.8 Å². The highest BCUT2D eigenvalue weighted by Gasteiger charge is 2.19. The van der Waals surface area contributed by atoms with Gasteiger partial charge in [-0.05, 0) is 30.9 Å². The first-order valence-corrected chi connectivity index (χ1v) is 9.29. The van der Waals surface area contributed by atoms with Crippen LogP contribution in [0.15, 0.2) is 23.1 Å². The second kappa shape index (κ2) is 7.07. The molecule has 0 radical (unpaired) electrons. The molecule has 0 saturated carbocycles. The molecule has 1 aliphatic heterocycles. The standard InChI is InChI=1S/C17H20N4O3S/c22-6-3-12-1-2-14(25-12)13-9-18-15-16(19-13)21(17(23)20-15)10-11-4-7-24-8-5-11/h1-2,9,11,22H,3-8,10H2,(H,18,20,23). The Morgan fingerprint density at radius 1 is 1.36 bits per heavy atom. The predicted octanol–water partition coefficient (Wildman–Crippen LogP) is 1.81. The van der Waals surface area contributed by atoms with Crippen LogP contribution in [0.5, 0.6) is 0 Å². The fourth-order valence-electron chi connectivity index (χ4n) is 3.16. The Bertz CT molecular complexity index is 924. The van der Waals surface area contributed by atoms with E-state index in [-0.39, 0.29) is 12.3 Å². The summed E-state index contributed by atoms with van der Waals surface area (Å²) in [5, 5.41) is 9.06. The molecule has 7 nitrogen and oxygen atoms in total. The first kappa shape index (κ1) is 16.4. The van der Waals surface area contributed by atoms with Gasteiger partial charge in [-0.25, -0.2) is 14.8 Å². The van der Waals surface area contributed by atoms with Crippen molar-refractivity contribution < 1.29 is 9.84 Å². The number of aliphatic hydroxyl groups is 1. The Labute approximate surface area is 148 Å². The van der Waals surface area contributed by atoms with Crippen molar-refractivity contribution in [3.05, 3.63) is 33.7 Å². The lowest BCUT2D eigenvalue weighted by atomic mass is 10.0. The summed E-state index contributed by atoms with van der Waals surface area (Å²) in [6.45, 7) is 2.27.